The Morgan fingerprint density at radius 1 is 0.800 bits per heavy atom. The molecule has 0 atom stereocenters. The van der Waals surface area contributed by atoms with Crippen LogP contribution in [-0.2, 0) is 10.0 Å². The summed E-state index contributed by atoms with van der Waals surface area (Å²) in [7, 11) is -3.65. The van der Waals surface area contributed by atoms with Crippen molar-refractivity contribution in [3.8, 4) is 0 Å². The number of rotatable bonds is 5. The van der Waals surface area contributed by atoms with Crippen LogP contribution in [0.4, 0.5) is 4.39 Å². The molecule has 0 unspecified atom stereocenters. The summed E-state index contributed by atoms with van der Waals surface area (Å²) < 4.78 is 41.2. The van der Waals surface area contributed by atoms with Crippen LogP contribution in [0.1, 0.15) is 22.7 Å². The van der Waals surface area contributed by atoms with Crippen LogP contribution in [0.15, 0.2) is 83.8 Å². The molecular formula is C24H25FN2O2S. The lowest BCUT2D eigenvalue weighted by Gasteiger charge is -2.39. The van der Waals surface area contributed by atoms with E-state index in [9.17, 15) is 12.8 Å². The van der Waals surface area contributed by atoms with Gasteiger partial charge in [-0.15, -0.1) is 0 Å². The number of hydrogen-bond donors (Lipinski definition) is 0. The number of halogens is 1. The van der Waals surface area contributed by atoms with Crippen molar-refractivity contribution in [1.29, 1.82) is 0 Å². The fourth-order valence-corrected chi connectivity index (χ4v) is 5.76. The smallest absolute Gasteiger partial charge is 0.243 e. The molecule has 0 aliphatic carbocycles. The minimum absolute atomic E-state index is 0.0739. The van der Waals surface area contributed by atoms with Gasteiger partial charge in [-0.05, 0) is 41.8 Å². The molecular weight excluding hydrogens is 399 g/mol. The second-order valence-electron chi connectivity index (χ2n) is 7.57. The molecule has 30 heavy (non-hydrogen) atoms. The SMILES string of the molecule is Cc1cc(F)ccc1S(=O)(=O)N1CCN(C(c2ccccc2)c2ccccc2)CC1. The summed E-state index contributed by atoms with van der Waals surface area (Å²) in [6, 6.07) is 24.5. The Morgan fingerprint density at radius 2 is 1.33 bits per heavy atom. The second kappa shape index (κ2) is 8.68. The topological polar surface area (TPSA) is 40.6 Å². The summed E-state index contributed by atoms with van der Waals surface area (Å²) in [4.78, 5) is 2.51. The van der Waals surface area contributed by atoms with E-state index < -0.39 is 15.8 Å². The maximum Gasteiger partial charge on any atom is 0.243 e. The Hall–Kier alpha value is -2.54. The van der Waals surface area contributed by atoms with Crippen LogP contribution in [0.3, 0.4) is 0 Å². The van der Waals surface area contributed by atoms with Crippen LogP contribution in [0, 0.1) is 12.7 Å². The first-order valence-electron chi connectivity index (χ1n) is 10.1. The van der Waals surface area contributed by atoms with Crippen LogP contribution >= 0.6 is 0 Å². The van der Waals surface area contributed by atoms with E-state index in [1.165, 1.54) is 33.6 Å². The largest absolute Gasteiger partial charge is 0.290 e. The van der Waals surface area contributed by atoms with Crippen LogP contribution < -0.4 is 0 Å². The fourth-order valence-electron chi connectivity index (χ4n) is 4.13. The number of benzene rings is 3. The molecule has 1 fully saturated rings. The molecule has 1 saturated heterocycles. The van der Waals surface area contributed by atoms with Gasteiger partial charge in [0.2, 0.25) is 10.0 Å². The summed E-state index contributed by atoms with van der Waals surface area (Å²) in [6.45, 7) is 3.67. The first-order chi connectivity index (χ1) is 14.5. The maximum atomic E-state index is 13.4. The number of hydrogen-bond acceptors (Lipinski definition) is 3. The van der Waals surface area contributed by atoms with E-state index in [0.717, 1.165) is 0 Å². The zero-order chi connectivity index (χ0) is 21.1. The summed E-state index contributed by atoms with van der Waals surface area (Å²) in [5, 5.41) is 0. The van der Waals surface area contributed by atoms with E-state index in [1.807, 2.05) is 36.4 Å². The van der Waals surface area contributed by atoms with Crippen LogP contribution in [-0.4, -0.2) is 43.8 Å². The van der Waals surface area contributed by atoms with Gasteiger partial charge in [-0.3, -0.25) is 4.90 Å². The summed E-state index contributed by atoms with van der Waals surface area (Å²) in [6.07, 6.45) is 0. The summed E-state index contributed by atoms with van der Waals surface area (Å²) in [5.41, 5.74) is 2.81. The lowest BCUT2D eigenvalue weighted by atomic mass is 9.96. The molecule has 1 aliphatic rings. The minimum Gasteiger partial charge on any atom is -0.290 e. The molecule has 156 valence electrons. The third kappa shape index (κ3) is 4.17. The van der Waals surface area contributed by atoms with E-state index in [0.29, 0.717) is 31.7 Å². The third-order valence-corrected chi connectivity index (χ3v) is 7.68. The lowest BCUT2D eigenvalue weighted by Crippen LogP contribution is -2.49. The number of sulfonamides is 1. The highest BCUT2D eigenvalue weighted by molar-refractivity contribution is 7.89. The molecule has 4 rings (SSSR count). The van der Waals surface area contributed by atoms with Crippen molar-refractivity contribution in [1.82, 2.24) is 9.21 Å². The molecule has 4 nitrogen and oxygen atoms in total. The van der Waals surface area contributed by atoms with Crippen molar-refractivity contribution in [2.45, 2.75) is 17.9 Å². The van der Waals surface area contributed by atoms with Crippen LogP contribution in [0.2, 0.25) is 0 Å². The van der Waals surface area contributed by atoms with Gasteiger partial charge in [-0.2, -0.15) is 4.31 Å². The monoisotopic (exact) mass is 424 g/mol. The minimum atomic E-state index is -3.65. The highest BCUT2D eigenvalue weighted by Gasteiger charge is 2.32. The van der Waals surface area contributed by atoms with E-state index >= 15 is 0 Å². The molecule has 0 saturated carbocycles. The molecule has 0 amide bonds. The summed E-state index contributed by atoms with van der Waals surface area (Å²) >= 11 is 0. The zero-order valence-electron chi connectivity index (χ0n) is 16.9. The van der Waals surface area contributed by atoms with E-state index in [1.54, 1.807) is 6.92 Å². The predicted octanol–water partition coefficient (Wildman–Crippen LogP) is 4.23. The molecule has 1 heterocycles. The van der Waals surface area contributed by atoms with Gasteiger partial charge in [-0.25, -0.2) is 12.8 Å². The van der Waals surface area contributed by atoms with Gasteiger partial charge in [-0.1, -0.05) is 60.7 Å². The Balaban J connectivity index is 1.56. The molecule has 0 spiro atoms. The van der Waals surface area contributed by atoms with Crippen molar-refractivity contribution in [2.24, 2.45) is 0 Å². The van der Waals surface area contributed by atoms with E-state index in [2.05, 4.69) is 29.2 Å². The quantitative estimate of drug-likeness (QED) is 0.615. The Kier molecular flexibility index (Phi) is 5.99. The van der Waals surface area contributed by atoms with Gasteiger partial charge in [0, 0.05) is 26.2 Å². The number of piperazine rings is 1. The molecule has 3 aromatic rings. The number of aryl methyl sites for hydroxylation is 1. The molecule has 3 aromatic carbocycles. The molecule has 0 radical (unpaired) electrons. The average Bonchev–Trinajstić information content (AvgIpc) is 2.76. The Morgan fingerprint density at radius 3 is 1.83 bits per heavy atom. The zero-order valence-corrected chi connectivity index (χ0v) is 17.7. The first-order valence-corrected chi connectivity index (χ1v) is 11.5. The fraction of sp³-hybridized carbons (Fsp3) is 0.250. The van der Waals surface area contributed by atoms with Crippen molar-refractivity contribution >= 4 is 10.0 Å². The summed E-state index contributed by atoms with van der Waals surface area (Å²) in [5.74, 6) is -0.426. The standard InChI is InChI=1S/C24H25FN2O2S/c1-19-18-22(25)12-13-23(19)30(28,29)27-16-14-26(15-17-27)24(20-8-4-2-5-9-20)21-10-6-3-7-11-21/h2-13,18,24H,14-17H2,1H3. The second-order valence-corrected chi connectivity index (χ2v) is 9.48. The van der Waals surface area contributed by atoms with Gasteiger partial charge in [0.1, 0.15) is 5.82 Å². The van der Waals surface area contributed by atoms with Gasteiger partial charge < -0.3 is 0 Å². The average molecular weight is 425 g/mol. The molecule has 6 heteroatoms. The van der Waals surface area contributed by atoms with Gasteiger partial charge in [0.15, 0.2) is 0 Å². The highest BCUT2D eigenvalue weighted by atomic mass is 32.2. The predicted molar refractivity (Wildman–Crippen MR) is 116 cm³/mol. The Bertz CT molecular complexity index is 1060. The van der Waals surface area contributed by atoms with E-state index in [4.69, 9.17) is 0 Å². The maximum absolute atomic E-state index is 13.4. The van der Waals surface area contributed by atoms with Gasteiger partial charge in [0.05, 0.1) is 10.9 Å². The van der Waals surface area contributed by atoms with Crippen LogP contribution in [0.25, 0.3) is 0 Å². The van der Waals surface area contributed by atoms with Crippen molar-refractivity contribution in [3.05, 3.63) is 101 Å². The normalized spacial score (nSPS) is 16.1. The molecule has 0 N–H and O–H groups in total. The van der Waals surface area contributed by atoms with Gasteiger partial charge >= 0.3 is 0 Å². The van der Waals surface area contributed by atoms with Gasteiger partial charge in [0.25, 0.3) is 0 Å². The lowest BCUT2D eigenvalue weighted by molar-refractivity contribution is 0.156. The van der Waals surface area contributed by atoms with Crippen LogP contribution in [0.5, 0.6) is 0 Å². The first kappa shape index (κ1) is 20.7. The number of nitrogens with zero attached hydrogens (tertiary/aromatic N) is 2. The Labute approximate surface area is 177 Å². The highest BCUT2D eigenvalue weighted by Crippen LogP contribution is 2.30. The molecule has 1 aliphatic heterocycles. The van der Waals surface area contributed by atoms with Crippen molar-refractivity contribution in [3.63, 3.8) is 0 Å². The van der Waals surface area contributed by atoms with Crippen molar-refractivity contribution < 1.29 is 12.8 Å². The third-order valence-electron chi connectivity index (χ3n) is 5.62. The molecule has 0 bridgehead atoms. The molecule has 0 aromatic heterocycles. The van der Waals surface area contributed by atoms with Crippen molar-refractivity contribution in [2.75, 3.05) is 26.2 Å². The van der Waals surface area contributed by atoms with E-state index in [-0.39, 0.29) is 10.9 Å².